The molecule has 0 aliphatic rings. The molecule has 0 spiro atoms. The van der Waals surface area contributed by atoms with Gasteiger partial charge in [0.25, 0.3) is 5.91 Å². The third kappa shape index (κ3) is 5.85. The monoisotopic (exact) mass is 380 g/mol. The molecule has 0 bridgehead atoms. The summed E-state index contributed by atoms with van der Waals surface area (Å²) in [5, 5.41) is 3.40. The van der Waals surface area contributed by atoms with Gasteiger partial charge in [0.2, 0.25) is 10.0 Å². The molecule has 0 fully saturated rings. The predicted octanol–water partition coefficient (Wildman–Crippen LogP) is 3.35. The van der Waals surface area contributed by atoms with Crippen molar-refractivity contribution in [2.75, 3.05) is 0 Å². The summed E-state index contributed by atoms with van der Waals surface area (Å²) in [6, 6.07) is 12.8. The first kappa shape index (κ1) is 19.4. The molecular weight excluding hydrogens is 360 g/mol. The van der Waals surface area contributed by atoms with E-state index in [1.54, 1.807) is 36.4 Å². The molecule has 134 valence electrons. The van der Waals surface area contributed by atoms with E-state index >= 15 is 0 Å². The maximum atomic E-state index is 12.5. The summed E-state index contributed by atoms with van der Waals surface area (Å²) >= 11 is 5.81. The van der Waals surface area contributed by atoms with Gasteiger partial charge < -0.3 is 5.32 Å². The highest BCUT2D eigenvalue weighted by Gasteiger charge is 2.19. The molecule has 2 aromatic rings. The van der Waals surface area contributed by atoms with Gasteiger partial charge in [-0.15, -0.1) is 0 Å². The molecule has 0 heterocycles. The van der Waals surface area contributed by atoms with E-state index in [1.165, 1.54) is 12.1 Å². The largest absolute Gasteiger partial charge is 0.347 e. The maximum absolute atomic E-state index is 12.5. The Morgan fingerprint density at radius 2 is 1.72 bits per heavy atom. The van der Waals surface area contributed by atoms with Crippen molar-refractivity contribution < 1.29 is 13.2 Å². The lowest BCUT2D eigenvalue weighted by Crippen LogP contribution is -2.40. The van der Waals surface area contributed by atoms with E-state index in [2.05, 4.69) is 10.0 Å². The van der Waals surface area contributed by atoms with Gasteiger partial charge >= 0.3 is 0 Å². The quantitative estimate of drug-likeness (QED) is 0.835. The van der Waals surface area contributed by atoms with Crippen LogP contribution in [0, 0.1) is 0 Å². The molecule has 1 amide bonds. The Balaban J connectivity index is 2.15. The molecule has 0 atom stereocenters. The summed E-state index contributed by atoms with van der Waals surface area (Å²) in [4.78, 5) is 12.3. The number of carbonyl (C=O) groups is 1. The second-order valence-corrected chi connectivity index (χ2v) is 8.89. The summed E-state index contributed by atoms with van der Waals surface area (Å²) in [6.45, 7) is 5.72. The van der Waals surface area contributed by atoms with Crippen LogP contribution in [0.15, 0.2) is 53.4 Å². The minimum Gasteiger partial charge on any atom is -0.347 e. The van der Waals surface area contributed by atoms with E-state index in [0.29, 0.717) is 10.6 Å². The SMILES string of the molecule is CC(C)(C)NC(=O)c1cccc(S(=O)(=O)NCc2ccc(Cl)cc2)c1. The predicted molar refractivity (Wildman–Crippen MR) is 99.1 cm³/mol. The molecule has 0 unspecified atom stereocenters. The minimum absolute atomic E-state index is 0.0445. The van der Waals surface area contributed by atoms with Gasteiger partial charge in [0, 0.05) is 22.7 Å². The molecule has 0 aliphatic heterocycles. The van der Waals surface area contributed by atoms with Gasteiger partial charge in [0.15, 0.2) is 0 Å². The molecule has 0 aromatic heterocycles. The van der Waals surface area contributed by atoms with E-state index < -0.39 is 15.6 Å². The van der Waals surface area contributed by atoms with Crippen molar-refractivity contribution in [2.24, 2.45) is 0 Å². The molecule has 25 heavy (non-hydrogen) atoms. The smallest absolute Gasteiger partial charge is 0.251 e. The molecule has 7 heteroatoms. The van der Waals surface area contributed by atoms with Crippen molar-refractivity contribution in [1.82, 2.24) is 10.0 Å². The molecular formula is C18H21ClN2O3S. The first-order valence-corrected chi connectivity index (χ1v) is 9.60. The van der Waals surface area contributed by atoms with Crippen molar-refractivity contribution in [3.63, 3.8) is 0 Å². The third-order valence-electron chi connectivity index (χ3n) is 3.27. The lowest BCUT2D eigenvalue weighted by atomic mass is 10.1. The van der Waals surface area contributed by atoms with E-state index in [-0.39, 0.29) is 17.3 Å². The number of sulfonamides is 1. The van der Waals surface area contributed by atoms with E-state index in [4.69, 9.17) is 11.6 Å². The number of hydrogen-bond acceptors (Lipinski definition) is 3. The average molecular weight is 381 g/mol. The van der Waals surface area contributed by atoms with Crippen molar-refractivity contribution in [3.8, 4) is 0 Å². The Hall–Kier alpha value is -1.89. The zero-order valence-electron chi connectivity index (χ0n) is 14.3. The average Bonchev–Trinajstić information content (AvgIpc) is 2.53. The first-order valence-electron chi connectivity index (χ1n) is 7.73. The van der Waals surface area contributed by atoms with Gasteiger partial charge in [-0.2, -0.15) is 0 Å². The van der Waals surface area contributed by atoms with Crippen molar-refractivity contribution in [3.05, 3.63) is 64.7 Å². The highest BCUT2D eigenvalue weighted by atomic mass is 35.5. The topological polar surface area (TPSA) is 75.3 Å². The highest BCUT2D eigenvalue weighted by molar-refractivity contribution is 7.89. The number of rotatable bonds is 5. The number of benzene rings is 2. The highest BCUT2D eigenvalue weighted by Crippen LogP contribution is 2.14. The van der Waals surface area contributed by atoms with Crippen LogP contribution in [0.5, 0.6) is 0 Å². The number of halogens is 1. The Morgan fingerprint density at radius 1 is 1.08 bits per heavy atom. The summed E-state index contributed by atoms with van der Waals surface area (Å²) in [7, 11) is -3.73. The van der Waals surface area contributed by atoms with Crippen molar-refractivity contribution in [2.45, 2.75) is 37.8 Å². The number of carbonyl (C=O) groups excluding carboxylic acids is 1. The molecule has 0 radical (unpaired) electrons. The van der Waals surface area contributed by atoms with Crippen LogP contribution in [-0.2, 0) is 16.6 Å². The van der Waals surface area contributed by atoms with Crippen LogP contribution < -0.4 is 10.0 Å². The zero-order valence-corrected chi connectivity index (χ0v) is 15.9. The van der Waals surface area contributed by atoms with Crippen LogP contribution in [0.3, 0.4) is 0 Å². The lowest BCUT2D eigenvalue weighted by Gasteiger charge is -2.20. The fourth-order valence-corrected chi connectivity index (χ4v) is 3.27. The Kier molecular flexibility index (Phi) is 5.87. The zero-order chi connectivity index (χ0) is 18.7. The van der Waals surface area contributed by atoms with Crippen LogP contribution in [0.4, 0.5) is 0 Å². The van der Waals surface area contributed by atoms with Crippen LogP contribution >= 0.6 is 11.6 Å². The summed E-state index contributed by atoms with van der Waals surface area (Å²) in [5.74, 6) is -0.317. The normalized spacial score (nSPS) is 12.0. The molecule has 5 nitrogen and oxygen atoms in total. The van der Waals surface area contributed by atoms with Crippen LogP contribution in [-0.4, -0.2) is 19.9 Å². The van der Waals surface area contributed by atoms with Gasteiger partial charge in [-0.1, -0.05) is 29.8 Å². The number of amides is 1. The van der Waals surface area contributed by atoms with E-state index in [9.17, 15) is 13.2 Å². The molecule has 0 saturated heterocycles. The van der Waals surface area contributed by atoms with Gasteiger partial charge in [0.05, 0.1) is 4.90 Å². The van der Waals surface area contributed by atoms with Gasteiger partial charge in [0.1, 0.15) is 0 Å². The summed E-state index contributed by atoms with van der Waals surface area (Å²) in [5.41, 5.74) is 0.678. The molecule has 0 saturated carbocycles. The number of hydrogen-bond donors (Lipinski definition) is 2. The Morgan fingerprint density at radius 3 is 2.32 bits per heavy atom. The van der Waals surface area contributed by atoms with Crippen molar-refractivity contribution >= 4 is 27.5 Å². The van der Waals surface area contributed by atoms with Crippen LogP contribution in [0.25, 0.3) is 0 Å². The van der Waals surface area contributed by atoms with Gasteiger partial charge in [-0.3, -0.25) is 4.79 Å². The molecule has 2 aromatic carbocycles. The standard InChI is InChI=1S/C18H21ClN2O3S/c1-18(2,3)21-17(22)14-5-4-6-16(11-14)25(23,24)20-12-13-7-9-15(19)10-8-13/h4-11,20H,12H2,1-3H3,(H,21,22). The van der Waals surface area contributed by atoms with Gasteiger partial charge in [-0.25, -0.2) is 13.1 Å². The fraction of sp³-hybridized carbons (Fsp3) is 0.278. The van der Waals surface area contributed by atoms with Crippen LogP contribution in [0.2, 0.25) is 5.02 Å². The second-order valence-electron chi connectivity index (χ2n) is 6.68. The fourth-order valence-electron chi connectivity index (χ4n) is 2.08. The molecule has 2 rings (SSSR count). The summed E-state index contributed by atoms with van der Waals surface area (Å²) in [6.07, 6.45) is 0. The maximum Gasteiger partial charge on any atom is 0.251 e. The number of nitrogens with one attached hydrogen (secondary N) is 2. The lowest BCUT2D eigenvalue weighted by molar-refractivity contribution is 0.0919. The molecule has 0 aliphatic carbocycles. The Labute approximate surface area is 153 Å². The minimum atomic E-state index is -3.73. The summed E-state index contributed by atoms with van der Waals surface area (Å²) < 4.78 is 27.5. The van der Waals surface area contributed by atoms with Gasteiger partial charge in [-0.05, 0) is 56.7 Å². The van der Waals surface area contributed by atoms with E-state index in [0.717, 1.165) is 5.56 Å². The van der Waals surface area contributed by atoms with Crippen LogP contribution in [0.1, 0.15) is 36.7 Å². The first-order chi connectivity index (χ1) is 11.6. The van der Waals surface area contributed by atoms with Crippen molar-refractivity contribution in [1.29, 1.82) is 0 Å². The molecule has 2 N–H and O–H groups in total. The Bertz CT molecular complexity index is 857. The van der Waals surface area contributed by atoms with E-state index in [1.807, 2.05) is 20.8 Å². The second kappa shape index (κ2) is 7.56. The third-order valence-corrected chi connectivity index (χ3v) is 4.93.